The summed E-state index contributed by atoms with van der Waals surface area (Å²) in [4.78, 5) is 52.9. The van der Waals surface area contributed by atoms with Gasteiger partial charge in [-0.1, -0.05) is 29.8 Å². The number of imide groups is 1. The van der Waals surface area contributed by atoms with Gasteiger partial charge < -0.3 is 14.5 Å². The lowest BCUT2D eigenvalue weighted by Crippen LogP contribution is -2.52. The molecule has 0 radical (unpaired) electrons. The first-order valence-corrected chi connectivity index (χ1v) is 14.0. The van der Waals surface area contributed by atoms with Crippen LogP contribution in [0.5, 0.6) is 5.75 Å². The molecule has 1 atom stereocenters. The lowest BCUT2D eigenvalue weighted by atomic mass is 9.74. The molecule has 2 fully saturated rings. The first kappa shape index (κ1) is 27.7. The maximum atomic E-state index is 13.0. The second kappa shape index (κ2) is 11.7. The molecule has 0 saturated carbocycles. The van der Waals surface area contributed by atoms with E-state index in [0.29, 0.717) is 74.6 Å². The van der Waals surface area contributed by atoms with Gasteiger partial charge in [-0.25, -0.2) is 0 Å². The largest absolute Gasteiger partial charge is 0.493 e. The van der Waals surface area contributed by atoms with E-state index in [1.54, 1.807) is 30.3 Å². The van der Waals surface area contributed by atoms with Crippen molar-refractivity contribution in [1.82, 2.24) is 15.1 Å². The number of piperidine rings is 2. The third kappa shape index (κ3) is 5.54. The van der Waals surface area contributed by atoms with Crippen molar-refractivity contribution in [1.29, 1.82) is 5.26 Å². The average Bonchev–Trinajstić information content (AvgIpc) is 3.30. The van der Waals surface area contributed by atoms with E-state index in [1.165, 1.54) is 4.90 Å². The maximum Gasteiger partial charge on any atom is 0.255 e. The van der Waals surface area contributed by atoms with Crippen molar-refractivity contribution in [3.63, 3.8) is 0 Å². The summed E-state index contributed by atoms with van der Waals surface area (Å²) >= 11 is 6.00. The highest BCUT2D eigenvalue weighted by Gasteiger charge is 2.40. The smallest absolute Gasteiger partial charge is 0.255 e. The van der Waals surface area contributed by atoms with Crippen LogP contribution in [0.15, 0.2) is 42.5 Å². The zero-order chi connectivity index (χ0) is 28.3. The summed E-state index contributed by atoms with van der Waals surface area (Å²) in [6.45, 7) is 1.73. The number of ether oxygens (including phenoxy) is 1. The summed E-state index contributed by atoms with van der Waals surface area (Å²) in [5.74, 6) is -0.326. The van der Waals surface area contributed by atoms with E-state index in [0.717, 1.165) is 11.1 Å². The fraction of sp³-hybridized carbons (Fsp3) is 0.433. The Morgan fingerprint density at radius 3 is 2.55 bits per heavy atom. The Balaban J connectivity index is 1.08. The number of carbonyl (C=O) groups excluding carboxylic acids is 4. The molecule has 0 aromatic heterocycles. The van der Waals surface area contributed by atoms with Gasteiger partial charge in [-0.2, -0.15) is 5.26 Å². The number of carbonyl (C=O) groups is 4. The van der Waals surface area contributed by atoms with Crippen molar-refractivity contribution in [2.24, 2.45) is 0 Å². The van der Waals surface area contributed by atoms with Gasteiger partial charge >= 0.3 is 0 Å². The molecule has 0 aliphatic carbocycles. The molecule has 2 saturated heterocycles. The quantitative estimate of drug-likeness (QED) is 0.387. The van der Waals surface area contributed by atoms with Gasteiger partial charge in [-0.05, 0) is 61.9 Å². The van der Waals surface area contributed by atoms with Crippen molar-refractivity contribution in [3.05, 3.63) is 64.2 Å². The lowest BCUT2D eigenvalue weighted by molar-refractivity contribution is -0.137. The maximum absolute atomic E-state index is 13.0. The lowest BCUT2D eigenvalue weighted by Gasteiger charge is -2.37. The minimum Gasteiger partial charge on any atom is -0.493 e. The number of halogens is 1. The highest BCUT2D eigenvalue weighted by atomic mass is 35.5. The number of amides is 4. The summed E-state index contributed by atoms with van der Waals surface area (Å²) in [6.07, 6.45) is 3.43. The van der Waals surface area contributed by atoms with Gasteiger partial charge in [0, 0.05) is 42.1 Å². The molecule has 1 unspecified atom stereocenters. The van der Waals surface area contributed by atoms with E-state index >= 15 is 0 Å². The fourth-order valence-electron chi connectivity index (χ4n) is 5.78. The predicted octanol–water partition coefficient (Wildman–Crippen LogP) is 3.73. The highest BCUT2D eigenvalue weighted by Crippen LogP contribution is 2.36. The Labute approximate surface area is 238 Å². The number of nitrogens with zero attached hydrogens (tertiary/aromatic N) is 3. The molecule has 2 aromatic carbocycles. The van der Waals surface area contributed by atoms with Crippen LogP contribution < -0.4 is 10.1 Å². The molecule has 2 aromatic rings. The topological polar surface area (TPSA) is 120 Å². The van der Waals surface area contributed by atoms with Crippen LogP contribution in [0, 0.1) is 11.3 Å². The Kier molecular flexibility index (Phi) is 8.08. The molecular weight excluding hydrogens is 532 g/mol. The predicted molar refractivity (Wildman–Crippen MR) is 146 cm³/mol. The number of rotatable bonds is 8. The summed E-state index contributed by atoms with van der Waals surface area (Å²) in [7, 11) is 0. The SMILES string of the molecule is N#CC1(c2ccc(Cl)cc2)CCN(C(=O)CCCCOc2cccc3c2CN(C2CCC(=O)NC2=O)C3=O)CC1. The number of benzene rings is 2. The normalized spacial score (nSPS) is 20.1. The Morgan fingerprint density at radius 2 is 1.85 bits per heavy atom. The molecule has 3 heterocycles. The number of hydrogen-bond donors (Lipinski definition) is 1. The summed E-state index contributed by atoms with van der Waals surface area (Å²) < 4.78 is 6.00. The molecule has 4 amide bonds. The van der Waals surface area contributed by atoms with Crippen molar-refractivity contribution >= 4 is 35.2 Å². The minimum absolute atomic E-state index is 0.0775. The molecule has 0 bridgehead atoms. The van der Waals surface area contributed by atoms with Crippen LogP contribution in [0.3, 0.4) is 0 Å². The van der Waals surface area contributed by atoms with E-state index in [1.807, 2.05) is 17.0 Å². The Hall–Kier alpha value is -3.90. The van der Waals surface area contributed by atoms with Crippen LogP contribution in [0.25, 0.3) is 0 Å². The standard InChI is InChI=1S/C30H31ClN4O5/c31-21-9-7-20(8-10-21)30(19-32)13-15-34(16-14-30)27(37)6-1-2-17-40-25-5-3-4-22-23(25)18-35(29(22)39)24-11-12-26(36)33-28(24)38/h3-5,7-10,24H,1-2,6,11-18H2,(H,33,36,38). The summed E-state index contributed by atoms with van der Waals surface area (Å²) in [5, 5.41) is 12.9. The van der Waals surface area contributed by atoms with Crippen molar-refractivity contribution in [3.8, 4) is 11.8 Å². The second-order valence-corrected chi connectivity index (χ2v) is 11.0. The molecule has 40 heavy (non-hydrogen) atoms. The third-order valence-electron chi connectivity index (χ3n) is 8.16. The zero-order valence-electron chi connectivity index (χ0n) is 22.2. The van der Waals surface area contributed by atoms with Gasteiger partial charge in [0.15, 0.2) is 0 Å². The van der Waals surface area contributed by atoms with Gasteiger partial charge in [-0.15, -0.1) is 0 Å². The number of nitrogens with one attached hydrogen (secondary N) is 1. The van der Waals surface area contributed by atoms with Gasteiger partial charge in [0.2, 0.25) is 17.7 Å². The van der Waals surface area contributed by atoms with E-state index in [2.05, 4.69) is 11.4 Å². The van der Waals surface area contributed by atoms with Crippen molar-refractivity contribution in [2.45, 2.75) is 62.9 Å². The van der Waals surface area contributed by atoms with Gasteiger partial charge in [0.05, 0.1) is 24.6 Å². The first-order valence-electron chi connectivity index (χ1n) is 13.7. The average molecular weight is 563 g/mol. The van der Waals surface area contributed by atoms with E-state index < -0.39 is 17.4 Å². The third-order valence-corrected chi connectivity index (χ3v) is 8.41. The van der Waals surface area contributed by atoms with E-state index in [-0.39, 0.29) is 30.7 Å². The molecule has 3 aliphatic rings. The molecule has 208 valence electrons. The van der Waals surface area contributed by atoms with Crippen LogP contribution in [-0.4, -0.2) is 59.2 Å². The fourth-order valence-corrected chi connectivity index (χ4v) is 5.91. The number of unbranched alkanes of at least 4 members (excludes halogenated alkanes) is 1. The van der Waals surface area contributed by atoms with Crippen molar-refractivity contribution in [2.75, 3.05) is 19.7 Å². The zero-order valence-corrected chi connectivity index (χ0v) is 22.9. The van der Waals surface area contributed by atoms with Crippen LogP contribution in [0.1, 0.15) is 66.4 Å². The molecule has 9 nitrogen and oxygen atoms in total. The van der Waals surface area contributed by atoms with Gasteiger partial charge in [0.25, 0.3) is 5.91 Å². The van der Waals surface area contributed by atoms with E-state index in [4.69, 9.17) is 16.3 Å². The molecule has 1 N–H and O–H groups in total. The van der Waals surface area contributed by atoms with Crippen LogP contribution in [-0.2, 0) is 26.3 Å². The van der Waals surface area contributed by atoms with Crippen LogP contribution >= 0.6 is 11.6 Å². The molecular formula is C30H31ClN4O5. The molecule has 3 aliphatic heterocycles. The number of likely N-dealkylation sites (tertiary alicyclic amines) is 1. The highest BCUT2D eigenvalue weighted by molar-refractivity contribution is 6.30. The van der Waals surface area contributed by atoms with Crippen molar-refractivity contribution < 1.29 is 23.9 Å². The van der Waals surface area contributed by atoms with Gasteiger partial charge in [0.1, 0.15) is 11.8 Å². The Bertz CT molecular complexity index is 1360. The van der Waals surface area contributed by atoms with Crippen LogP contribution in [0.2, 0.25) is 5.02 Å². The molecule has 0 spiro atoms. The Morgan fingerprint density at radius 1 is 1.10 bits per heavy atom. The monoisotopic (exact) mass is 562 g/mol. The number of nitriles is 1. The van der Waals surface area contributed by atoms with E-state index in [9.17, 15) is 24.4 Å². The first-order chi connectivity index (χ1) is 19.3. The second-order valence-electron chi connectivity index (χ2n) is 10.6. The van der Waals surface area contributed by atoms with Gasteiger partial charge in [-0.3, -0.25) is 24.5 Å². The van der Waals surface area contributed by atoms with Crippen LogP contribution in [0.4, 0.5) is 0 Å². The minimum atomic E-state index is -0.671. The molecule has 5 rings (SSSR count). The number of fused-ring (bicyclic) bond motifs is 1. The molecule has 10 heteroatoms. The summed E-state index contributed by atoms with van der Waals surface area (Å²) in [5.41, 5.74) is 1.59. The number of hydrogen-bond acceptors (Lipinski definition) is 6. The summed E-state index contributed by atoms with van der Waals surface area (Å²) in [6, 6.07) is 14.5.